The van der Waals surface area contributed by atoms with Gasteiger partial charge in [0, 0.05) is 55.7 Å². The van der Waals surface area contributed by atoms with Gasteiger partial charge in [0.15, 0.2) is 0 Å². The predicted molar refractivity (Wildman–Crippen MR) is 103 cm³/mol. The first kappa shape index (κ1) is 17.3. The summed E-state index contributed by atoms with van der Waals surface area (Å²) in [5.74, 6) is 2.14. The molecule has 7 nitrogen and oxygen atoms in total. The molecule has 2 aromatic rings. The summed E-state index contributed by atoms with van der Waals surface area (Å²) in [7, 11) is 1.91. The van der Waals surface area contributed by atoms with Crippen LogP contribution in [0.3, 0.4) is 0 Å². The molecule has 0 amide bonds. The highest BCUT2D eigenvalue weighted by Gasteiger charge is 2.33. The van der Waals surface area contributed by atoms with Crippen molar-refractivity contribution >= 4 is 0 Å². The highest BCUT2D eigenvalue weighted by molar-refractivity contribution is 5.41. The molecule has 0 saturated heterocycles. The largest absolute Gasteiger partial charge is 0.441 e. The number of aryl methyl sites for hydroxylation is 1. The van der Waals surface area contributed by atoms with Crippen LogP contribution in [0.15, 0.2) is 35.7 Å². The van der Waals surface area contributed by atoms with Crippen molar-refractivity contribution in [2.45, 2.75) is 44.7 Å². The number of nitrogens with one attached hydrogen (secondary N) is 1. The smallest absolute Gasteiger partial charge is 0.217 e. The lowest BCUT2D eigenvalue weighted by molar-refractivity contribution is 0.269. The van der Waals surface area contributed by atoms with Gasteiger partial charge < -0.3 is 10.1 Å². The van der Waals surface area contributed by atoms with Crippen LogP contribution < -0.4 is 10.1 Å². The first-order valence-electron chi connectivity index (χ1n) is 9.95. The molecule has 0 radical (unpaired) electrons. The molecule has 5 rings (SSSR count). The SMILES string of the molecule is CC1C=C(C#N)C=C(Oc2cc(C3CC3)nn2C)C1n1ncc2c1CCNC2. The van der Waals surface area contributed by atoms with Gasteiger partial charge in [0.1, 0.15) is 11.8 Å². The standard InChI is InChI=1S/C21H24N6O/c1-13-7-14(10-22)8-19(28-20-9-17(15-3-4-15)25-26(20)2)21(13)27-18-5-6-23-11-16(18)12-24-27/h7-9,12-13,15,21,23H,3-6,11H2,1-2H3. The van der Waals surface area contributed by atoms with E-state index in [2.05, 4.69) is 28.1 Å². The summed E-state index contributed by atoms with van der Waals surface area (Å²) in [6.07, 6.45) is 9.15. The van der Waals surface area contributed by atoms with E-state index in [1.165, 1.54) is 24.1 Å². The molecule has 0 spiro atoms. The molecule has 2 atom stereocenters. The summed E-state index contributed by atoms with van der Waals surface area (Å²) < 4.78 is 10.3. The highest BCUT2D eigenvalue weighted by Crippen LogP contribution is 2.41. The summed E-state index contributed by atoms with van der Waals surface area (Å²) in [5, 5.41) is 22.2. The van der Waals surface area contributed by atoms with Gasteiger partial charge in [-0.2, -0.15) is 15.5 Å². The minimum absolute atomic E-state index is 0.0711. The number of hydrogen-bond donors (Lipinski definition) is 1. The minimum atomic E-state index is -0.0711. The maximum absolute atomic E-state index is 9.47. The van der Waals surface area contributed by atoms with Gasteiger partial charge >= 0.3 is 0 Å². The van der Waals surface area contributed by atoms with Crippen molar-refractivity contribution in [1.82, 2.24) is 24.9 Å². The van der Waals surface area contributed by atoms with Crippen molar-refractivity contribution < 1.29 is 4.74 Å². The van der Waals surface area contributed by atoms with Crippen molar-refractivity contribution in [3.8, 4) is 11.9 Å². The molecule has 2 aromatic heterocycles. The van der Waals surface area contributed by atoms with E-state index >= 15 is 0 Å². The van der Waals surface area contributed by atoms with Crippen molar-refractivity contribution in [2.75, 3.05) is 6.54 Å². The number of rotatable bonds is 4. The molecule has 3 heterocycles. The number of hydrogen-bond acceptors (Lipinski definition) is 5. The topological polar surface area (TPSA) is 80.7 Å². The maximum atomic E-state index is 9.47. The fourth-order valence-electron chi connectivity index (χ4n) is 4.20. The summed E-state index contributed by atoms with van der Waals surface area (Å²) in [4.78, 5) is 0. The molecule has 3 aliphatic rings. The summed E-state index contributed by atoms with van der Waals surface area (Å²) >= 11 is 0. The normalized spacial score (nSPS) is 24.2. The van der Waals surface area contributed by atoms with Gasteiger partial charge in [0.05, 0.1) is 23.5 Å². The van der Waals surface area contributed by atoms with Crippen LogP contribution in [0.25, 0.3) is 0 Å². The van der Waals surface area contributed by atoms with Crippen LogP contribution in [0.2, 0.25) is 0 Å². The van der Waals surface area contributed by atoms with Crippen LogP contribution in [0.4, 0.5) is 0 Å². The Labute approximate surface area is 164 Å². The molecule has 1 saturated carbocycles. The number of allylic oxidation sites excluding steroid dienone is 4. The van der Waals surface area contributed by atoms with E-state index in [0.29, 0.717) is 17.4 Å². The van der Waals surface area contributed by atoms with E-state index in [9.17, 15) is 5.26 Å². The lowest BCUT2D eigenvalue weighted by atomic mass is 9.91. The highest BCUT2D eigenvalue weighted by atomic mass is 16.5. The molecule has 28 heavy (non-hydrogen) atoms. The summed E-state index contributed by atoms with van der Waals surface area (Å²) in [6, 6.07) is 4.23. The number of nitrogens with zero attached hydrogens (tertiary/aromatic N) is 5. The van der Waals surface area contributed by atoms with Gasteiger partial charge in [-0.25, -0.2) is 4.68 Å². The number of ether oxygens (including phenoxy) is 1. The molecule has 1 N–H and O–H groups in total. The Kier molecular flexibility index (Phi) is 4.09. The second-order valence-electron chi connectivity index (χ2n) is 7.98. The van der Waals surface area contributed by atoms with Gasteiger partial charge in [0.25, 0.3) is 0 Å². The van der Waals surface area contributed by atoms with E-state index in [1.807, 2.05) is 31.5 Å². The number of aromatic nitrogens is 4. The average molecular weight is 376 g/mol. The molecule has 2 aliphatic carbocycles. The quantitative estimate of drug-likeness (QED) is 0.887. The third kappa shape index (κ3) is 2.94. The molecule has 144 valence electrons. The first-order chi connectivity index (χ1) is 13.6. The van der Waals surface area contributed by atoms with E-state index in [1.54, 1.807) is 4.68 Å². The lowest BCUT2D eigenvalue weighted by Gasteiger charge is -2.30. The molecule has 1 aliphatic heterocycles. The van der Waals surface area contributed by atoms with Crippen LogP contribution in [0, 0.1) is 17.2 Å². The Balaban J connectivity index is 1.52. The Morgan fingerprint density at radius 3 is 3.00 bits per heavy atom. The van der Waals surface area contributed by atoms with Crippen LogP contribution in [0.1, 0.15) is 48.7 Å². The second kappa shape index (κ2) is 6.64. The molecule has 0 bridgehead atoms. The third-order valence-electron chi connectivity index (χ3n) is 5.84. The number of fused-ring (bicyclic) bond motifs is 1. The molecule has 7 heteroatoms. The molecular formula is C21H24N6O. The van der Waals surface area contributed by atoms with E-state index in [4.69, 9.17) is 9.84 Å². The monoisotopic (exact) mass is 376 g/mol. The van der Waals surface area contributed by atoms with Crippen LogP contribution in [-0.4, -0.2) is 26.1 Å². The molecule has 1 fully saturated rings. The summed E-state index contributed by atoms with van der Waals surface area (Å²) in [5.41, 5.74) is 4.22. The van der Waals surface area contributed by atoms with Gasteiger partial charge in [-0.05, 0) is 18.9 Å². The van der Waals surface area contributed by atoms with Crippen molar-refractivity contribution in [3.63, 3.8) is 0 Å². The molecular weight excluding hydrogens is 352 g/mol. The van der Waals surface area contributed by atoms with E-state index in [-0.39, 0.29) is 12.0 Å². The Bertz CT molecular complexity index is 1020. The number of nitriles is 1. The van der Waals surface area contributed by atoms with Crippen LogP contribution in [0.5, 0.6) is 5.88 Å². The maximum Gasteiger partial charge on any atom is 0.217 e. The third-order valence-corrected chi connectivity index (χ3v) is 5.84. The van der Waals surface area contributed by atoms with Gasteiger partial charge in [-0.15, -0.1) is 0 Å². The second-order valence-corrected chi connectivity index (χ2v) is 7.98. The Morgan fingerprint density at radius 2 is 2.21 bits per heavy atom. The van der Waals surface area contributed by atoms with Crippen molar-refractivity contribution in [2.24, 2.45) is 13.0 Å². The van der Waals surface area contributed by atoms with Crippen LogP contribution in [-0.2, 0) is 20.0 Å². The minimum Gasteiger partial charge on any atom is -0.441 e. The Morgan fingerprint density at radius 1 is 1.36 bits per heavy atom. The van der Waals surface area contributed by atoms with Gasteiger partial charge in [-0.1, -0.05) is 13.0 Å². The molecule has 2 unspecified atom stereocenters. The average Bonchev–Trinajstić information content (AvgIpc) is 3.37. The zero-order chi connectivity index (χ0) is 19.3. The zero-order valence-corrected chi connectivity index (χ0v) is 16.2. The van der Waals surface area contributed by atoms with E-state index < -0.39 is 0 Å². The fourth-order valence-corrected chi connectivity index (χ4v) is 4.20. The van der Waals surface area contributed by atoms with Gasteiger partial charge in [-0.3, -0.25) is 4.68 Å². The fraction of sp³-hybridized carbons (Fsp3) is 0.476. The van der Waals surface area contributed by atoms with Crippen LogP contribution >= 0.6 is 0 Å². The summed E-state index contributed by atoms with van der Waals surface area (Å²) in [6.45, 7) is 3.92. The lowest BCUT2D eigenvalue weighted by Crippen LogP contribution is -2.30. The van der Waals surface area contributed by atoms with Gasteiger partial charge in [0.2, 0.25) is 5.88 Å². The van der Waals surface area contributed by atoms with Crippen molar-refractivity contribution in [3.05, 3.63) is 52.7 Å². The first-order valence-corrected chi connectivity index (χ1v) is 9.95. The van der Waals surface area contributed by atoms with E-state index in [0.717, 1.165) is 31.0 Å². The Hall–Kier alpha value is -2.85. The molecule has 0 aromatic carbocycles. The zero-order valence-electron chi connectivity index (χ0n) is 16.2. The van der Waals surface area contributed by atoms with Crippen molar-refractivity contribution in [1.29, 1.82) is 5.26 Å². The predicted octanol–water partition coefficient (Wildman–Crippen LogP) is 2.74.